The zero-order valence-electron chi connectivity index (χ0n) is 13.7. The Kier molecular flexibility index (Phi) is 5.28. The van der Waals surface area contributed by atoms with Crippen LogP contribution >= 0.6 is 0 Å². The number of hydrogen-bond donors (Lipinski definition) is 0. The molecule has 0 spiro atoms. The van der Waals surface area contributed by atoms with E-state index in [4.69, 9.17) is 4.74 Å². The number of Topliss-reactive ketones (excluding diaryl/α,β-unsaturated/α-hetero) is 1. The number of nitrogens with zero attached hydrogens (tertiary/aromatic N) is 1. The van der Waals surface area contributed by atoms with Crippen LogP contribution in [0.5, 0.6) is 0 Å². The van der Waals surface area contributed by atoms with Crippen LogP contribution in [-0.2, 0) is 9.53 Å². The van der Waals surface area contributed by atoms with Crippen LogP contribution in [-0.4, -0.2) is 35.0 Å². The maximum Gasteiger partial charge on any atom is 0.410 e. The van der Waals surface area contributed by atoms with E-state index in [0.717, 1.165) is 51.5 Å². The van der Waals surface area contributed by atoms with Crippen molar-refractivity contribution in [2.24, 2.45) is 5.92 Å². The van der Waals surface area contributed by atoms with Gasteiger partial charge in [0.2, 0.25) is 0 Å². The minimum atomic E-state index is -0.482. The Morgan fingerprint density at radius 1 is 1.10 bits per heavy atom. The Hall–Kier alpha value is -1.06. The number of likely N-dealkylation sites (tertiary alicyclic amines) is 1. The molecule has 4 heteroatoms. The lowest BCUT2D eigenvalue weighted by Crippen LogP contribution is -2.49. The van der Waals surface area contributed by atoms with Gasteiger partial charge in [0.15, 0.2) is 0 Å². The number of carbonyl (C=O) groups is 2. The Morgan fingerprint density at radius 2 is 1.81 bits per heavy atom. The molecule has 0 aromatic rings. The summed E-state index contributed by atoms with van der Waals surface area (Å²) in [5, 5.41) is 0. The predicted octanol–water partition coefficient (Wildman–Crippen LogP) is 3.93. The number of ether oxygens (including phenoxy) is 1. The molecule has 2 fully saturated rings. The van der Waals surface area contributed by atoms with Crippen molar-refractivity contribution in [3.05, 3.63) is 0 Å². The molecule has 1 heterocycles. The third kappa shape index (κ3) is 4.45. The van der Waals surface area contributed by atoms with Crippen LogP contribution in [0.3, 0.4) is 0 Å². The molecule has 1 aliphatic heterocycles. The van der Waals surface area contributed by atoms with Crippen LogP contribution in [0.25, 0.3) is 0 Å². The van der Waals surface area contributed by atoms with Crippen LogP contribution in [0, 0.1) is 5.92 Å². The van der Waals surface area contributed by atoms with Crippen molar-refractivity contribution in [3.8, 4) is 0 Å². The number of amides is 1. The summed E-state index contributed by atoms with van der Waals surface area (Å²) in [7, 11) is 0. The summed E-state index contributed by atoms with van der Waals surface area (Å²) in [6.07, 6.45) is 7.68. The van der Waals surface area contributed by atoms with Crippen molar-refractivity contribution >= 4 is 11.9 Å². The first-order chi connectivity index (χ1) is 9.88. The van der Waals surface area contributed by atoms with Gasteiger partial charge in [-0.15, -0.1) is 0 Å². The van der Waals surface area contributed by atoms with E-state index in [1.54, 1.807) is 0 Å². The van der Waals surface area contributed by atoms with Crippen molar-refractivity contribution in [1.82, 2.24) is 4.90 Å². The molecule has 120 valence electrons. The molecule has 0 bridgehead atoms. The van der Waals surface area contributed by atoms with Gasteiger partial charge in [0.25, 0.3) is 0 Å². The second-order valence-electron chi connectivity index (χ2n) is 7.41. The van der Waals surface area contributed by atoms with Crippen LogP contribution in [0.15, 0.2) is 0 Å². The number of hydrogen-bond acceptors (Lipinski definition) is 3. The van der Waals surface area contributed by atoms with E-state index in [0.29, 0.717) is 12.2 Å². The van der Waals surface area contributed by atoms with Gasteiger partial charge in [-0.2, -0.15) is 0 Å². The molecule has 1 saturated heterocycles. The second kappa shape index (κ2) is 6.80. The smallest absolute Gasteiger partial charge is 0.410 e. The molecule has 1 aliphatic carbocycles. The fourth-order valence-corrected chi connectivity index (χ4v) is 3.52. The molecule has 0 N–H and O–H groups in total. The van der Waals surface area contributed by atoms with Gasteiger partial charge >= 0.3 is 6.09 Å². The predicted molar refractivity (Wildman–Crippen MR) is 82.2 cm³/mol. The van der Waals surface area contributed by atoms with E-state index in [1.807, 2.05) is 25.7 Å². The topological polar surface area (TPSA) is 46.6 Å². The summed E-state index contributed by atoms with van der Waals surface area (Å²) in [5.41, 5.74) is -0.482. The molecular weight excluding hydrogens is 266 g/mol. The summed E-state index contributed by atoms with van der Waals surface area (Å²) < 4.78 is 5.56. The molecule has 0 aromatic carbocycles. The molecule has 4 nitrogen and oxygen atoms in total. The maximum atomic E-state index is 12.5. The van der Waals surface area contributed by atoms with Gasteiger partial charge < -0.3 is 9.64 Å². The van der Waals surface area contributed by atoms with Gasteiger partial charge in [0.05, 0.1) is 0 Å². The lowest BCUT2D eigenvalue weighted by atomic mass is 9.80. The Balaban J connectivity index is 2.13. The summed E-state index contributed by atoms with van der Waals surface area (Å²) >= 11 is 0. The van der Waals surface area contributed by atoms with Crippen molar-refractivity contribution in [2.45, 2.75) is 83.8 Å². The molecule has 0 aromatic heterocycles. The molecule has 1 saturated carbocycles. The van der Waals surface area contributed by atoms with Crippen LogP contribution in [0.4, 0.5) is 4.79 Å². The Labute approximate surface area is 128 Å². The van der Waals surface area contributed by atoms with Crippen LogP contribution < -0.4 is 0 Å². The van der Waals surface area contributed by atoms with Crippen molar-refractivity contribution in [1.29, 1.82) is 0 Å². The molecule has 2 atom stereocenters. The van der Waals surface area contributed by atoms with Gasteiger partial charge in [-0.25, -0.2) is 4.79 Å². The zero-order chi connectivity index (χ0) is 15.5. The first kappa shape index (κ1) is 16.3. The van der Waals surface area contributed by atoms with E-state index in [2.05, 4.69) is 0 Å². The van der Waals surface area contributed by atoms with Crippen LogP contribution in [0.2, 0.25) is 0 Å². The number of rotatable bonds is 1. The standard InChI is InChI=1S/C17H29NO3/c1-17(2,3)21-16(20)18-12-8-4-5-10-14(18)13-9-6-7-11-15(13)19/h13-14H,4-12H2,1-3H3. The minimum absolute atomic E-state index is 0.0318. The van der Waals surface area contributed by atoms with Gasteiger partial charge in [0.1, 0.15) is 11.4 Å². The van der Waals surface area contributed by atoms with Gasteiger partial charge in [0, 0.05) is 24.9 Å². The van der Waals surface area contributed by atoms with E-state index < -0.39 is 5.60 Å². The zero-order valence-corrected chi connectivity index (χ0v) is 13.7. The quantitative estimate of drug-likeness (QED) is 0.736. The molecular formula is C17H29NO3. The highest BCUT2D eigenvalue weighted by atomic mass is 16.6. The summed E-state index contributed by atoms with van der Waals surface area (Å²) in [6, 6.07) is 0.0511. The third-order valence-corrected chi connectivity index (χ3v) is 4.49. The Morgan fingerprint density at radius 3 is 2.48 bits per heavy atom. The first-order valence-electron chi connectivity index (χ1n) is 8.41. The first-order valence-corrected chi connectivity index (χ1v) is 8.41. The lowest BCUT2D eigenvalue weighted by molar-refractivity contribution is -0.127. The fraction of sp³-hybridized carbons (Fsp3) is 0.882. The monoisotopic (exact) mass is 295 g/mol. The van der Waals surface area contributed by atoms with Gasteiger partial charge in [-0.1, -0.05) is 19.3 Å². The van der Waals surface area contributed by atoms with E-state index in [1.165, 1.54) is 0 Å². The van der Waals surface area contributed by atoms with E-state index in [9.17, 15) is 9.59 Å². The Bertz CT molecular complexity index is 386. The highest BCUT2D eigenvalue weighted by Gasteiger charge is 2.38. The molecule has 2 aliphatic rings. The van der Waals surface area contributed by atoms with Crippen LogP contribution in [0.1, 0.15) is 72.1 Å². The van der Waals surface area contributed by atoms with E-state index >= 15 is 0 Å². The lowest BCUT2D eigenvalue weighted by Gasteiger charge is -2.37. The highest BCUT2D eigenvalue weighted by molar-refractivity contribution is 5.83. The molecule has 2 unspecified atom stereocenters. The van der Waals surface area contributed by atoms with Gasteiger partial charge in [-0.3, -0.25) is 4.79 Å². The van der Waals surface area contributed by atoms with Gasteiger partial charge in [-0.05, 0) is 46.5 Å². The molecule has 1 amide bonds. The highest BCUT2D eigenvalue weighted by Crippen LogP contribution is 2.32. The number of ketones is 1. The average molecular weight is 295 g/mol. The summed E-state index contributed by atoms with van der Waals surface area (Å²) in [6.45, 7) is 6.40. The molecule has 2 rings (SSSR count). The second-order valence-corrected chi connectivity index (χ2v) is 7.41. The maximum absolute atomic E-state index is 12.5. The minimum Gasteiger partial charge on any atom is -0.444 e. The SMILES string of the molecule is CC(C)(C)OC(=O)N1CCCCCC1C1CCCCC1=O. The van der Waals surface area contributed by atoms with Crippen molar-refractivity contribution < 1.29 is 14.3 Å². The normalized spacial score (nSPS) is 28.1. The number of carbonyl (C=O) groups excluding carboxylic acids is 2. The summed E-state index contributed by atoms with van der Waals surface area (Å²) in [4.78, 5) is 26.7. The fourth-order valence-electron chi connectivity index (χ4n) is 3.52. The van der Waals surface area contributed by atoms with Crippen molar-refractivity contribution in [2.75, 3.05) is 6.54 Å². The molecule has 0 radical (unpaired) electrons. The summed E-state index contributed by atoms with van der Waals surface area (Å²) in [5.74, 6) is 0.381. The molecule has 21 heavy (non-hydrogen) atoms. The average Bonchev–Trinajstić information content (AvgIpc) is 2.63. The third-order valence-electron chi connectivity index (χ3n) is 4.49. The van der Waals surface area contributed by atoms with Crippen molar-refractivity contribution in [3.63, 3.8) is 0 Å². The largest absolute Gasteiger partial charge is 0.444 e. The van der Waals surface area contributed by atoms with E-state index in [-0.39, 0.29) is 18.1 Å².